The van der Waals surface area contributed by atoms with Gasteiger partial charge in [0.2, 0.25) is 0 Å². The Morgan fingerprint density at radius 2 is 1.56 bits per heavy atom. The minimum atomic E-state index is -0.816. The number of amides is 1. The van der Waals surface area contributed by atoms with Gasteiger partial charge in [-0.3, -0.25) is 9.80 Å². The lowest BCUT2D eigenvalue weighted by atomic mass is 9.80. The molecule has 4 aliphatic rings. The van der Waals surface area contributed by atoms with E-state index in [9.17, 15) is 9.90 Å². The maximum Gasteiger partial charge on any atom is 0.408 e. The number of carbonyl (C=O) groups is 1. The molecule has 2 aromatic carbocycles. The van der Waals surface area contributed by atoms with Crippen molar-refractivity contribution in [3.8, 4) is 11.1 Å². The second kappa shape index (κ2) is 9.68. The van der Waals surface area contributed by atoms with Gasteiger partial charge in [0.05, 0.1) is 24.8 Å². The molecule has 6 nitrogen and oxygen atoms in total. The number of carboxylic acid groups (broad SMARTS) is 1. The van der Waals surface area contributed by atoms with Gasteiger partial charge in [0.1, 0.15) is 0 Å². The van der Waals surface area contributed by atoms with Crippen LogP contribution in [0.25, 0.3) is 11.1 Å². The first-order chi connectivity index (χ1) is 16.4. The van der Waals surface area contributed by atoms with Crippen LogP contribution in [0.2, 0.25) is 0 Å². The number of hydrogen-bond acceptors (Lipinski definition) is 4. The standard InChI is InChI=1S/C28H37N3O3/c1-28(2,31(27(32)33)26-20-29-13-11-24(26)12-14-29)25-9-7-23(8-10-25)22-5-3-21(4-6-22)19-30-15-17-34-18-16-30/h3-10,24,26H,11-20H2,1-2H3,(H,32,33). The summed E-state index contributed by atoms with van der Waals surface area (Å²) in [6, 6.07) is 17.3. The zero-order valence-electron chi connectivity index (χ0n) is 20.4. The smallest absolute Gasteiger partial charge is 0.408 e. The first-order valence-electron chi connectivity index (χ1n) is 12.7. The van der Waals surface area contributed by atoms with Crippen LogP contribution in [0.15, 0.2) is 48.5 Å². The Morgan fingerprint density at radius 3 is 2.09 bits per heavy atom. The van der Waals surface area contributed by atoms with Crippen LogP contribution in [0.1, 0.15) is 37.8 Å². The molecule has 0 aliphatic carbocycles. The van der Waals surface area contributed by atoms with Crippen LogP contribution >= 0.6 is 0 Å². The Labute approximate surface area is 203 Å². The first-order valence-corrected chi connectivity index (χ1v) is 12.7. The number of benzene rings is 2. The number of rotatable bonds is 6. The van der Waals surface area contributed by atoms with Crippen molar-refractivity contribution in [1.82, 2.24) is 14.7 Å². The Hall–Kier alpha value is -2.41. The average Bonchev–Trinajstić information content (AvgIpc) is 2.86. The molecule has 182 valence electrons. The molecular weight excluding hydrogens is 426 g/mol. The third kappa shape index (κ3) is 4.72. The maximum atomic E-state index is 12.5. The summed E-state index contributed by atoms with van der Waals surface area (Å²) in [4.78, 5) is 19.0. The Bertz CT molecular complexity index is 975. The van der Waals surface area contributed by atoms with Crippen LogP contribution in [0, 0.1) is 5.92 Å². The number of nitrogens with zero attached hydrogens (tertiary/aromatic N) is 3. The summed E-state index contributed by atoms with van der Waals surface area (Å²) in [5.41, 5.74) is 4.11. The van der Waals surface area contributed by atoms with Gasteiger partial charge in [0, 0.05) is 26.2 Å². The molecule has 0 aromatic heterocycles. The van der Waals surface area contributed by atoms with Gasteiger partial charge in [-0.25, -0.2) is 4.79 Å². The van der Waals surface area contributed by atoms with Crippen LogP contribution in [-0.2, 0) is 16.8 Å². The van der Waals surface area contributed by atoms with Crippen molar-refractivity contribution in [2.75, 3.05) is 45.9 Å². The lowest BCUT2D eigenvalue weighted by Crippen LogP contribution is -2.62. The highest BCUT2D eigenvalue weighted by Crippen LogP contribution is 2.38. The molecule has 4 fully saturated rings. The number of hydrogen-bond donors (Lipinski definition) is 1. The quantitative estimate of drug-likeness (QED) is 0.684. The molecule has 1 N–H and O–H groups in total. The summed E-state index contributed by atoms with van der Waals surface area (Å²) in [6.07, 6.45) is 1.39. The largest absolute Gasteiger partial charge is 0.465 e. The van der Waals surface area contributed by atoms with Crippen molar-refractivity contribution in [1.29, 1.82) is 0 Å². The molecule has 1 amide bonds. The molecule has 0 radical (unpaired) electrons. The predicted molar refractivity (Wildman–Crippen MR) is 134 cm³/mol. The molecule has 2 bridgehead atoms. The number of piperidine rings is 3. The van der Waals surface area contributed by atoms with Crippen molar-refractivity contribution >= 4 is 6.09 Å². The van der Waals surface area contributed by atoms with E-state index in [0.29, 0.717) is 5.92 Å². The van der Waals surface area contributed by atoms with Gasteiger partial charge >= 0.3 is 6.09 Å². The van der Waals surface area contributed by atoms with Crippen LogP contribution in [0.5, 0.6) is 0 Å². The van der Waals surface area contributed by atoms with Crippen molar-refractivity contribution in [2.45, 2.75) is 44.8 Å². The third-order valence-electron chi connectivity index (χ3n) is 8.15. The summed E-state index contributed by atoms with van der Waals surface area (Å²) in [5.74, 6) is 0.468. The van der Waals surface area contributed by atoms with E-state index in [4.69, 9.17) is 4.74 Å². The molecule has 1 atom stereocenters. The van der Waals surface area contributed by atoms with Gasteiger partial charge in [0.25, 0.3) is 0 Å². The van der Waals surface area contributed by atoms with Crippen molar-refractivity contribution in [3.05, 3.63) is 59.7 Å². The molecule has 0 spiro atoms. The molecule has 6 heteroatoms. The van der Waals surface area contributed by atoms with Crippen molar-refractivity contribution in [3.63, 3.8) is 0 Å². The Kier molecular flexibility index (Phi) is 6.65. The van der Waals surface area contributed by atoms with E-state index in [1.807, 2.05) is 13.8 Å². The molecule has 2 aromatic rings. The highest BCUT2D eigenvalue weighted by atomic mass is 16.5. The van der Waals surface area contributed by atoms with Crippen LogP contribution in [0.4, 0.5) is 4.79 Å². The Balaban J connectivity index is 1.31. The lowest BCUT2D eigenvalue weighted by molar-refractivity contribution is -0.0289. The predicted octanol–water partition coefficient (Wildman–Crippen LogP) is 4.50. The van der Waals surface area contributed by atoms with Crippen LogP contribution < -0.4 is 0 Å². The minimum Gasteiger partial charge on any atom is -0.465 e. The van der Waals surface area contributed by atoms with Crippen molar-refractivity contribution < 1.29 is 14.6 Å². The highest BCUT2D eigenvalue weighted by Gasteiger charge is 2.45. The summed E-state index contributed by atoms with van der Waals surface area (Å²) in [7, 11) is 0. The third-order valence-corrected chi connectivity index (χ3v) is 8.15. The lowest BCUT2D eigenvalue weighted by Gasteiger charge is -2.52. The van der Waals surface area contributed by atoms with E-state index in [1.165, 1.54) is 11.1 Å². The van der Waals surface area contributed by atoms with Crippen LogP contribution in [0.3, 0.4) is 0 Å². The SMILES string of the molecule is CC(C)(c1ccc(-c2ccc(CN3CCOCC3)cc2)cc1)N(C(=O)O)C1CN2CCC1CC2. The van der Waals surface area contributed by atoms with Gasteiger partial charge in [-0.2, -0.15) is 0 Å². The van der Waals surface area contributed by atoms with E-state index < -0.39 is 11.6 Å². The molecular formula is C28H37N3O3. The van der Waals surface area contributed by atoms with E-state index in [0.717, 1.165) is 76.5 Å². The zero-order valence-corrected chi connectivity index (χ0v) is 20.4. The molecule has 4 aliphatic heterocycles. The molecule has 34 heavy (non-hydrogen) atoms. The minimum absolute atomic E-state index is 0.0636. The normalized spacial score (nSPS) is 25.3. The van der Waals surface area contributed by atoms with E-state index >= 15 is 0 Å². The summed E-state index contributed by atoms with van der Waals surface area (Å²) >= 11 is 0. The fraction of sp³-hybridized carbons (Fsp3) is 0.536. The topological polar surface area (TPSA) is 56.3 Å². The van der Waals surface area contributed by atoms with Gasteiger partial charge in [-0.1, -0.05) is 48.5 Å². The van der Waals surface area contributed by atoms with Crippen LogP contribution in [-0.4, -0.2) is 77.9 Å². The average molecular weight is 464 g/mol. The summed E-state index contributed by atoms with van der Waals surface area (Å²) in [6.45, 7) is 11.8. The molecule has 6 rings (SSSR count). The molecule has 1 unspecified atom stereocenters. The van der Waals surface area contributed by atoms with Gasteiger partial charge in [-0.05, 0) is 68.0 Å². The summed E-state index contributed by atoms with van der Waals surface area (Å²) in [5, 5.41) is 10.2. The maximum absolute atomic E-state index is 12.5. The second-order valence-corrected chi connectivity index (χ2v) is 10.6. The van der Waals surface area contributed by atoms with E-state index in [2.05, 4.69) is 58.3 Å². The number of fused-ring (bicyclic) bond motifs is 3. The first kappa shape index (κ1) is 23.3. The highest BCUT2D eigenvalue weighted by molar-refractivity contribution is 5.68. The molecule has 0 saturated carbocycles. The monoisotopic (exact) mass is 463 g/mol. The van der Waals surface area contributed by atoms with Gasteiger partial charge in [-0.15, -0.1) is 0 Å². The summed E-state index contributed by atoms with van der Waals surface area (Å²) < 4.78 is 5.44. The fourth-order valence-electron chi connectivity index (χ4n) is 6.05. The van der Waals surface area contributed by atoms with Crippen molar-refractivity contribution in [2.24, 2.45) is 5.92 Å². The fourth-order valence-corrected chi connectivity index (χ4v) is 6.05. The zero-order chi connectivity index (χ0) is 23.7. The molecule has 4 saturated heterocycles. The van der Waals surface area contributed by atoms with E-state index in [-0.39, 0.29) is 6.04 Å². The Morgan fingerprint density at radius 1 is 0.971 bits per heavy atom. The number of morpholine rings is 1. The number of ether oxygens (including phenoxy) is 1. The second-order valence-electron chi connectivity index (χ2n) is 10.6. The van der Waals surface area contributed by atoms with Gasteiger partial charge < -0.3 is 14.7 Å². The molecule has 4 heterocycles. The van der Waals surface area contributed by atoms with Gasteiger partial charge in [0.15, 0.2) is 0 Å². The van der Waals surface area contributed by atoms with E-state index in [1.54, 1.807) is 4.90 Å².